The average molecular weight is 320 g/mol. The minimum atomic E-state index is -0.941. The Morgan fingerprint density at radius 3 is 1.92 bits per heavy atom. The largest absolute Gasteiger partial charge is 0.478 e. The quantitative estimate of drug-likeness (QED) is 0.849. The first kappa shape index (κ1) is 17.5. The fourth-order valence-electron chi connectivity index (χ4n) is 2.53. The molecule has 3 heteroatoms. The smallest absolute Gasteiger partial charge is 0.335 e. The molecule has 1 unspecified atom stereocenters. The Morgan fingerprint density at radius 1 is 0.958 bits per heavy atom. The van der Waals surface area contributed by atoms with Gasteiger partial charge >= 0.3 is 5.97 Å². The van der Waals surface area contributed by atoms with Crippen LogP contribution in [0.2, 0.25) is 0 Å². The maximum atomic E-state index is 11.1. The predicted molar refractivity (Wildman–Crippen MR) is 94.0 cm³/mol. The average Bonchev–Trinajstić information content (AvgIpc) is 2.54. The van der Waals surface area contributed by atoms with Gasteiger partial charge in [0, 0.05) is 17.5 Å². The normalized spacial score (nSPS) is 11.2. The molecule has 122 valence electrons. The number of carboxylic acid groups (broad SMARTS) is 1. The Kier molecular flexibility index (Phi) is 5.92. The van der Waals surface area contributed by atoms with Crippen molar-refractivity contribution in [2.45, 2.75) is 26.7 Å². The van der Waals surface area contributed by atoms with Crippen molar-refractivity contribution in [3.63, 3.8) is 0 Å². The standard InChI is InChI=1S/C21H20O3/c1-15(13-16(2)22)14-19-7-5-17(6-8-19)3-4-18-9-11-20(12-10-18)21(23)24/h5-12,15H,13-14H2,1-2H3,(H,23,24). The molecule has 2 rings (SSSR count). The molecule has 2 aromatic carbocycles. The van der Waals surface area contributed by atoms with Crippen LogP contribution in [-0.4, -0.2) is 16.9 Å². The first-order valence-corrected chi connectivity index (χ1v) is 7.88. The molecule has 1 N–H and O–H groups in total. The van der Waals surface area contributed by atoms with Gasteiger partial charge in [0.1, 0.15) is 5.78 Å². The zero-order chi connectivity index (χ0) is 17.5. The van der Waals surface area contributed by atoms with Gasteiger partial charge in [-0.3, -0.25) is 0 Å². The molecule has 24 heavy (non-hydrogen) atoms. The molecule has 0 aliphatic heterocycles. The number of aromatic carboxylic acids is 1. The van der Waals surface area contributed by atoms with Crippen molar-refractivity contribution in [1.29, 1.82) is 0 Å². The van der Waals surface area contributed by atoms with Crippen molar-refractivity contribution in [2.75, 3.05) is 0 Å². The highest BCUT2D eigenvalue weighted by Crippen LogP contribution is 2.13. The summed E-state index contributed by atoms with van der Waals surface area (Å²) in [6.45, 7) is 3.70. The van der Waals surface area contributed by atoms with Gasteiger partial charge in [-0.1, -0.05) is 30.9 Å². The summed E-state index contributed by atoms with van der Waals surface area (Å²) in [7, 11) is 0. The number of hydrogen-bond acceptors (Lipinski definition) is 2. The number of rotatable bonds is 5. The lowest BCUT2D eigenvalue weighted by Crippen LogP contribution is -2.04. The Hall–Kier alpha value is -2.86. The van der Waals surface area contributed by atoms with E-state index >= 15 is 0 Å². The molecule has 0 bridgehead atoms. The number of benzene rings is 2. The molecule has 0 aliphatic carbocycles. The second-order valence-electron chi connectivity index (χ2n) is 6.04. The summed E-state index contributed by atoms with van der Waals surface area (Å²) in [5.74, 6) is 5.72. The van der Waals surface area contributed by atoms with Crippen molar-refractivity contribution in [3.8, 4) is 11.8 Å². The van der Waals surface area contributed by atoms with E-state index in [2.05, 4.69) is 18.8 Å². The van der Waals surface area contributed by atoms with Gasteiger partial charge in [-0.25, -0.2) is 4.79 Å². The van der Waals surface area contributed by atoms with Crippen molar-refractivity contribution in [3.05, 3.63) is 70.8 Å². The van der Waals surface area contributed by atoms with Crippen LogP contribution in [0.5, 0.6) is 0 Å². The van der Waals surface area contributed by atoms with E-state index in [9.17, 15) is 9.59 Å². The molecule has 0 amide bonds. The second-order valence-corrected chi connectivity index (χ2v) is 6.04. The van der Waals surface area contributed by atoms with Gasteiger partial charge < -0.3 is 9.90 Å². The third kappa shape index (κ3) is 5.40. The van der Waals surface area contributed by atoms with E-state index in [0.717, 1.165) is 17.5 Å². The molecule has 2 aromatic rings. The fraction of sp³-hybridized carbons (Fsp3) is 0.238. The molecule has 0 fully saturated rings. The topological polar surface area (TPSA) is 54.4 Å². The van der Waals surface area contributed by atoms with Gasteiger partial charge in [0.05, 0.1) is 5.56 Å². The number of carboxylic acids is 1. The first-order chi connectivity index (χ1) is 11.4. The van der Waals surface area contributed by atoms with Crippen LogP contribution in [0.1, 0.15) is 47.3 Å². The van der Waals surface area contributed by atoms with E-state index in [4.69, 9.17) is 5.11 Å². The van der Waals surface area contributed by atoms with Crippen LogP contribution in [0.4, 0.5) is 0 Å². The maximum absolute atomic E-state index is 11.1. The van der Waals surface area contributed by atoms with E-state index in [-0.39, 0.29) is 11.3 Å². The number of hydrogen-bond donors (Lipinski definition) is 1. The molecule has 0 saturated carbocycles. The minimum Gasteiger partial charge on any atom is -0.478 e. The number of ketones is 1. The van der Waals surface area contributed by atoms with Gasteiger partial charge in [0.25, 0.3) is 0 Å². The van der Waals surface area contributed by atoms with Crippen molar-refractivity contribution < 1.29 is 14.7 Å². The molecule has 0 heterocycles. The third-order valence-electron chi connectivity index (χ3n) is 3.66. The second kappa shape index (κ2) is 8.12. The molecule has 3 nitrogen and oxygen atoms in total. The van der Waals surface area contributed by atoms with Gasteiger partial charge in [-0.15, -0.1) is 0 Å². The number of carbonyl (C=O) groups is 2. The lowest BCUT2D eigenvalue weighted by atomic mass is 9.96. The minimum absolute atomic E-state index is 0.221. The molecule has 0 aromatic heterocycles. The zero-order valence-corrected chi connectivity index (χ0v) is 13.9. The van der Waals surface area contributed by atoms with Crippen LogP contribution in [0.15, 0.2) is 48.5 Å². The summed E-state index contributed by atoms with van der Waals surface area (Å²) in [5.41, 5.74) is 3.13. The summed E-state index contributed by atoms with van der Waals surface area (Å²) in [6, 6.07) is 14.5. The highest BCUT2D eigenvalue weighted by atomic mass is 16.4. The van der Waals surface area contributed by atoms with Gasteiger partial charge in [-0.2, -0.15) is 0 Å². The van der Waals surface area contributed by atoms with E-state index in [1.807, 2.05) is 24.3 Å². The van der Waals surface area contributed by atoms with Crippen molar-refractivity contribution in [2.24, 2.45) is 5.92 Å². The Morgan fingerprint density at radius 2 is 1.46 bits per heavy atom. The molecule has 0 spiro atoms. The Labute approximate surface area is 142 Å². The Balaban J connectivity index is 2.01. The van der Waals surface area contributed by atoms with E-state index in [0.29, 0.717) is 12.3 Å². The van der Waals surface area contributed by atoms with Crippen LogP contribution in [0.3, 0.4) is 0 Å². The number of carbonyl (C=O) groups excluding carboxylic acids is 1. The molecule has 0 saturated heterocycles. The monoisotopic (exact) mass is 320 g/mol. The van der Waals surface area contributed by atoms with Gasteiger partial charge in [0.2, 0.25) is 0 Å². The molecule has 1 atom stereocenters. The molecular weight excluding hydrogens is 300 g/mol. The summed E-state index contributed by atoms with van der Waals surface area (Å²) < 4.78 is 0. The lowest BCUT2D eigenvalue weighted by Gasteiger charge is -2.09. The SMILES string of the molecule is CC(=O)CC(C)Cc1ccc(C#Cc2ccc(C(=O)O)cc2)cc1. The lowest BCUT2D eigenvalue weighted by molar-refractivity contribution is -0.117. The highest BCUT2D eigenvalue weighted by molar-refractivity contribution is 5.87. The van der Waals surface area contributed by atoms with E-state index in [1.54, 1.807) is 31.2 Å². The van der Waals surface area contributed by atoms with E-state index < -0.39 is 5.97 Å². The first-order valence-electron chi connectivity index (χ1n) is 7.88. The molecule has 0 radical (unpaired) electrons. The fourth-order valence-corrected chi connectivity index (χ4v) is 2.53. The van der Waals surface area contributed by atoms with Crippen LogP contribution >= 0.6 is 0 Å². The zero-order valence-electron chi connectivity index (χ0n) is 13.9. The predicted octanol–water partition coefficient (Wildman–Crippen LogP) is 3.94. The van der Waals surface area contributed by atoms with Crippen LogP contribution in [0.25, 0.3) is 0 Å². The Bertz CT molecular complexity index is 775. The van der Waals surface area contributed by atoms with Crippen molar-refractivity contribution in [1.82, 2.24) is 0 Å². The van der Waals surface area contributed by atoms with Crippen LogP contribution in [-0.2, 0) is 11.2 Å². The van der Waals surface area contributed by atoms with Crippen LogP contribution < -0.4 is 0 Å². The molecule has 0 aliphatic rings. The third-order valence-corrected chi connectivity index (χ3v) is 3.66. The van der Waals surface area contributed by atoms with Gasteiger partial charge in [-0.05, 0) is 61.2 Å². The van der Waals surface area contributed by atoms with Crippen LogP contribution in [0, 0.1) is 17.8 Å². The summed E-state index contributed by atoms with van der Waals surface area (Å²) in [5, 5.41) is 8.87. The maximum Gasteiger partial charge on any atom is 0.335 e. The number of Topliss-reactive ketones (excluding diaryl/α,β-unsaturated/α-hetero) is 1. The van der Waals surface area contributed by atoms with E-state index in [1.165, 1.54) is 5.56 Å². The summed E-state index contributed by atoms with van der Waals surface area (Å²) >= 11 is 0. The molecular formula is C21H20O3. The van der Waals surface area contributed by atoms with Gasteiger partial charge in [0.15, 0.2) is 0 Å². The van der Waals surface area contributed by atoms with Crippen molar-refractivity contribution >= 4 is 11.8 Å². The highest BCUT2D eigenvalue weighted by Gasteiger charge is 2.06. The summed E-state index contributed by atoms with van der Waals surface area (Å²) in [4.78, 5) is 21.9. The summed E-state index contributed by atoms with van der Waals surface area (Å²) in [6.07, 6.45) is 1.48.